The minimum Gasteiger partial charge on any atom is -0.383 e. The van der Waals surface area contributed by atoms with Crippen molar-refractivity contribution in [2.45, 2.75) is 26.3 Å². The van der Waals surface area contributed by atoms with Crippen LogP contribution < -0.4 is 16.0 Å². The van der Waals surface area contributed by atoms with Gasteiger partial charge in [-0.05, 0) is 13.3 Å². The second-order valence-electron chi connectivity index (χ2n) is 4.59. The molecule has 1 aromatic rings. The van der Waals surface area contributed by atoms with Crippen LogP contribution in [0.25, 0.3) is 0 Å². The number of carbonyl (C=O) groups excluding carboxylic acids is 1. The van der Waals surface area contributed by atoms with E-state index in [0.717, 1.165) is 17.8 Å². The molecule has 1 unspecified atom stereocenters. The Morgan fingerprint density at radius 2 is 2.35 bits per heavy atom. The third-order valence-electron chi connectivity index (χ3n) is 3.36. The van der Waals surface area contributed by atoms with Gasteiger partial charge in [-0.25, -0.2) is 9.97 Å². The molecule has 1 saturated heterocycles. The Kier molecular flexibility index (Phi) is 4.73. The van der Waals surface area contributed by atoms with Gasteiger partial charge in [-0.2, -0.15) is 0 Å². The Bertz CT molecular complexity index is 480. The van der Waals surface area contributed by atoms with Gasteiger partial charge >= 0.3 is 0 Å². The number of likely N-dealkylation sites (N-methyl/N-ethyl adjacent to an activating group) is 1. The van der Waals surface area contributed by atoms with Crippen LogP contribution in [-0.4, -0.2) is 48.2 Å². The molecule has 1 amide bonds. The maximum Gasteiger partial charge on any atom is 0.245 e. The van der Waals surface area contributed by atoms with E-state index in [1.165, 1.54) is 6.33 Å². The van der Waals surface area contributed by atoms with Crippen molar-refractivity contribution in [3.8, 4) is 0 Å². The van der Waals surface area contributed by atoms with E-state index >= 15 is 0 Å². The summed E-state index contributed by atoms with van der Waals surface area (Å²) in [6, 6.07) is -0.372. The van der Waals surface area contributed by atoms with E-state index in [0.29, 0.717) is 32.1 Å². The number of hydrogen-bond donors (Lipinski definition) is 2. The lowest BCUT2D eigenvalue weighted by molar-refractivity contribution is -0.124. The first kappa shape index (κ1) is 14.5. The fraction of sp³-hybridized carbons (Fsp3) is 0.615. The summed E-state index contributed by atoms with van der Waals surface area (Å²) in [5, 5.41) is 2.83. The number of amides is 1. The Hall–Kier alpha value is -1.89. The summed E-state index contributed by atoms with van der Waals surface area (Å²) in [5.41, 5.74) is 6.79. The molecule has 0 saturated carbocycles. The average Bonchev–Trinajstić information content (AvgIpc) is 2.47. The van der Waals surface area contributed by atoms with Crippen molar-refractivity contribution in [1.29, 1.82) is 0 Å². The Morgan fingerprint density at radius 3 is 3.05 bits per heavy atom. The molecule has 7 nitrogen and oxygen atoms in total. The molecule has 2 rings (SSSR count). The van der Waals surface area contributed by atoms with Crippen molar-refractivity contribution < 1.29 is 9.53 Å². The van der Waals surface area contributed by atoms with Crippen LogP contribution in [0.3, 0.4) is 0 Å². The number of anilines is 2. The number of aromatic nitrogens is 2. The molecule has 0 bridgehead atoms. The quantitative estimate of drug-likeness (QED) is 0.803. The minimum atomic E-state index is -0.372. The fourth-order valence-corrected chi connectivity index (χ4v) is 2.37. The SMILES string of the molecule is CCNC(=O)C1COCCN1c1ncnc(N)c1CC. The van der Waals surface area contributed by atoms with Crippen molar-refractivity contribution in [2.75, 3.05) is 36.9 Å². The van der Waals surface area contributed by atoms with Crippen molar-refractivity contribution in [2.24, 2.45) is 0 Å². The Morgan fingerprint density at radius 1 is 1.55 bits per heavy atom. The smallest absolute Gasteiger partial charge is 0.245 e. The summed E-state index contributed by atoms with van der Waals surface area (Å²) in [5.74, 6) is 1.16. The highest BCUT2D eigenvalue weighted by Crippen LogP contribution is 2.25. The first-order valence-corrected chi connectivity index (χ1v) is 6.90. The molecule has 1 atom stereocenters. The number of carbonyl (C=O) groups is 1. The zero-order valence-electron chi connectivity index (χ0n) is 11.9. The van der Waals surface area contributed by atoms with Crippen LogP contribution in [0.15, 0.2) is 6.33 Å². The minimum absolute atomic E-state index is 0.0496. The summed E-state index contributed by atoms with van der Waals surface area (Å²) in [7, 11) is 0. The molecule has 0 radical (unpaired) electrons. The predicted molar refractivity (Wildman–Crippen MR) is 76.5 cm³/mol. The third-order valence-corrected chi connectivity index (χ3v) is 3.36. The van der Waals surface area contributed by atoms with Gasteiger partial charge in [0, 0.05) is 18.7 Å². The van der Waals surface area contributed by atoms with Crippen LogP contribution >= 0.6 is 0 Å². The van der Waals surface area contributed by atoms with E-state index in [9.17, 15) is 4.79 Å². The van der Waals surface area contributed by atoms with Gasteiger partial charge < -0.3 is 20.7 Å². The summed E-state index contributed by atoms with van der Waals surface area (Å²) in [6.07, 6.45) is 2.16. The number of nitrogens with one attached hydrogen (secondary N) is 1. The molecule has 0 aliphatic carbocycles. The van der Waals surface area contributed by atoms with Gasteiger partial charge in [0.15, 0.2) is 0 Å². The highest BCUT2D eigenvalue weighted by atomic mass is 16.5. The maximum atomic E-state index is 12.2. The molecule has 1 aliphatic rings. The van der Waals surface area contributed by atoms with Crippen LogP contribution in [0.1, 0.15) is 19.4 Å². The number of nitrogen functional groups attached to an aromatic ring is 1. The highest BCUT2D eigenvalue weighted by molar-refractivity contribution is 5.85. The van der Waals surface area contributed by atoms with Gasteiger partial charge in [0.1, 0.15) is 24.0 Å². The number of hydrogen-bond acceptors (Lipinski definition) is 6. The molecule has 110 valence electrons. The van der Waals surface area contributed by atoms with Gasteiger partial charge in [0.05, 0.1) is 13.2 Å². The molecular formula is C13H21N5O2. The highest BCUT2D eigenvalue weighted by Gasteiger charge is 2.31. The van der Waals surface area contributed by atoms with Gasteiger partial charge in [-0.3, -0.25) is 4.79 Å². The molecule has 0 aromatic carbocycles. The molecular weight excluding hydrogens is 258 g/mol. The topological polar surface area (TPSA) is 93.4 Å². The van der Waals surface area contributed by atoms with Gasteiger partial charge in [0.25, 0.3) is 0 Å². The third kappa shape index (κ3) is 2.82. The average molecular weight is 279 g/mol. The van der Waals surface area contributed by atoms with Crippen molar-refractivity contribution in [3.05, 3.63) is 11.9 Å². The van der Waals surface area contributed by atoms with Crippen LogP contribution in [0.2, 0.25) is 0 Å². The molecule has 1 fully saturated rings. The number of nitrogens with two attached hydrogens (primary N) is 1. The second-order valence-corrected chi connectivity index (χ2v) is 4.59. The molecule has 0 spiro atoms. The predicted octanol–water partition coefficient (Wildman–Crippen LogP) is -0.0375. The maximum absolute atomic E-state index is 12.2. The lowest BCUT2D eigenvalue weighted by atomic mass is 10.1. The largest absolute Gasteiger partial charge is 0.383 e. The van der Waals surface area contributed by atoms with E-state index in [1.807, 2.05) is 18.7 Å². The number of rotatable bonds is 4. The molecule has 3 N–H and O–H groups in total. The zero-order chi connectivity index (χ0) is 14.5. The van der Waals surface area contributed by atoms with E-state index in [2.05, 4.69) is 15.3 Å². The first-order chi connectivity index (χ1) is 9.69. The number of ether oxygens (including phenoxy) is 1. The van der Waals surface area contributed by atoms with Crippen molar-refractivity contribution in [1.82, 2.24) is 15.3 Å². The second kappa shape index (κ2) is 6.51. The van der Waals surface area contributed by atoms with E-state index in [1.54, 1.807) is 0 Å². The molecule has 1 aliphatic heterocycles. The fourth-order valence-electron chi connectivity index (χ4n) is 2.37. The summed E-state index contributed by atoms with van der Waals surface area (Å²) in [6.45, 7) is 6.04. The number of morpholine rings is 1. The molecule has 20 heavy (non-hydrogen) atoms. The summed E-state index contributed by atoms with van der Waals surface area (Å²) in [4.78, 5) is 22.5. The zero-order valence-corrected chi connectivity index (χ0v) is 11.9. The van der Waals surface area contributed by atoms with Gasteiger partial charge in [-0.1, -0.05) is 6.92 Å². The van der Waals surface area contributed by atoms with Crippen molar-refractivity contribution >= 4 is 17.5 Å². The van der Waals surface area contributed by atoms with Crippen LogP contribution in [0, 0.1) is 0 Å². The van der Waals surface area contributed by atoms with Gasteiger partial charge in [0.2, 0.25) is 5.91 Å². The monoisotopic (exact) mass is 279 g/mol. The lowest BCUT2D eigenvalue weighted by Gasteiger charge is -2.36. The standard InChI is InChI=1S/C13H21N5O2/c1-3-9-11(14)16-8-17-12(9)18-5-6-20-7-10(18)13(19)15-4-2/h8,10H,3-7H2,1-2H3,(H,15,19)(H2,14,16,17). The Labute approximate surface area is 118 Å². The lowest BCUT2D eigenvalue weighted by Crippen LogP contribution is -2.54. The van der Waals surface area contributed by atoms with Crippen LogP contribution in [-0.2, 0) is 16.0 Å². The Balaban J connectivity index is 2.32. The van der Waals surface area contributed by atoms with Crippen LogP contribution in [0.4, 0.5) is 11.6 Å². The van der Waals surface area contributed by atoms with E-state index < -0.39 is 0 Å². The summed E-state index contributed by atoms with van der Waals surface area (Å²) >= 11 is 0. The van der Waals surface area contributed by atoms with E-state index in [4.69, 9.17) is 10.5 Å². The number of nitrogens with zero attached hydrogens (tertiary/aromatic N) is 3. The normalized spacial score (nSPS) is 18.9. The van der Waals surface area contributed by atoms with Crippen molar-refractivity contribution in [3.63, 3.8) is 0 Å². The summed E-state index contributed by atoms with van der Waals surface area (Å²) < 4.78 is 5.43. The molecule has 7 heteroatoms. The van der Waals surface area contributed by atoms with Crippen LogP contribution in [0.5, 0.6) is 0 Å². The molecule has 1 aromatic heterocycles. The first-order valence-electron chi connectivity index (χ1n) is 6.90. The van der Waals surface area contributed by atoms with E-state index in [-0.39, 0.29) is 11.9 Å². The molecule has 2 heterocycles. The van der Waals surface area contributed by atoms with Gasteiger partial charge in [-0.15, -0.1) is 0 Å².